The third-order valence-corrected chi connectivity index (χ3v) is 6.10. The lowest BCUT2D eigenvalue weighted by Gasteiger charge is -2.31. The van der Waals surface area contributed by atoms with Crippen molar-refractivity contribution in [2.45, 2.75) is 39.2 Å². The Labute approximate surface area is 180 Å². The first-order valence-electron chi connectivity index (χ1n) is 10.7. The summed E-state index contributed by atoms with van der Waals surface area (Å²) >= 11 is 0. The minimum Gasteiger partial charge on any atom is -0.352 e. The van der Waals surface area contributed by atoms with Crippen molar-refractivity contribution in [2.24, 2.45) is 5.92 Å². The molecule has 0 saturated carbocycles. The number of anilines is 1. The van der Waals surface area contributed by atoms with Crippen LogP contribution in [-0.4, -0.2) is 35.7 Å². The van der Waals surface area contributed by atoms with Gasteiger partial charge in [0.05, 0.1) is 0 Å². The third-order valence-electron chi connectivity index (χ3n) is 6.10. The van der Waals surface area contributed by atoms with Gasteiger partial charge in [0.15, 0.2) is 0 Å². The second kappa shape index (κ2) is 8.88. The first-order valence-corrected chi connectivity index (χ1v) is 10.7. The normalized spacial score (nSPS) is 16.5. The van der Waals surface area contributed by atoms with E-state index in [-0.39, 0.29) is 29.5 Å². The molecule has 1 saturated heterocycles. The Hall–Kier alpha value is -3.22. The molecule has 4 rings (SSSR count). The van der Waals surface area contributed by atoms with E-state index in [1.54, 1.807) is 30.0 Å². The number of fused-ring (bicyclic) bond motifs is 1. The molecule has 162 valence electrons. The number of nitrogens with one attached hydrogen (secondary N) is 2. The summed E-state index contributed by atoms with van der Waals surface area (Å²) in [7, 11) is 0. The van der Waals surface area contributed by atoms with E-state index >= 15 is 0 Å². The second-order valence-electron chi connectivity index (χ2n) is 8.29. The summed E-state index contributed by atoms with van der Waals surface area (Å²) < 4.78 is 13.7. The maximum atomic E-state index is 13.7. The molecule has 1 fully saturated rings. The van der Waals surface area contributed by atoms with Crippen molar-refractivity contribution >= 4 is 23.4 Å². The van der Waals surface area contributed by atoms with Gasteiger partial charge < -0.3 is 15.5 Å². The van der Waals surface area contributed by atoms with Crippen molar-refractivity contribution in [3.63, 3.8) is 0 Å². The minimum atomic E-state index is -0.275. The molecule has 2 aromatic carbocycles. The number of hydrogen-bond acceptors (Lipinski definition) is 3. The third kappa shape index (κ3) is 4.76. The average molecular weight is 423 g/mol. The summed E-state index contributed by atoms with van der Waals surface area (Å²) in [5.41, 5.74) is 3.67. The zero-order chi connectivity index (χ0) is 22.0. The first-order chi connectivity index (χ1) is 14.9. The van der Waals surface area contributed by atoms with E-state index in [1.807, 2.05) is 12.1 Å². The summed E-state index contributed by atoms with van der Waals surface area (Å²) in [5, 5.41) is 5.71. The molecule has 2 aromatic rings. The Bertz CT molecular complexity index is 1030. The molecule has 0 atom stereocenters. The van der Waals surface area contributed by atoms with Crippen LogP contribution in [0.4, 0.5) is 10.1 Å². The maximum Gasteiger partial charge on any atom is 0.253 e. The van der Waals surface area contributed by atoms with Crippen molar-refractivity contribution < 1.29 is 18.8 Å². The number of carbonyl (C=O) groups is 3. The standard InChI is InChI=1S/C24H26FN3O3/c1-15-2-3-16(12-20(15)25)14-26-23(30)17-8-10-28(11-9-17)24(31)19-4-6-21-18(13-19)5-7-22(29)27-21/h2-4,6,12-13,17H,5,7-11,14H2,1H3,(H,26,30)(H,27,29). The molecule has 3 amide bonds. The van der Waals surface area contributed by atoms with Crippen molar-refractivity contribution in [3.8, 4) is 0 Å². The molecule has 0 radical (unpaired) electrons. The molecular formula is C24H26FN3O3. The van der Waals surface area contributed by atoms with Crippen molar-refractivity contribution in [3.05, 3.63) is 64.5 Å². The molecule has 2 aliphatic heterocycles. The highest BCUT2D eigenvalue weighted by Crippen LogP contribution is 2.25. The largest absolute Gasteiger partial charge is 0.352 e. The van der Waals surface area contributed by atoms with Crippen LogP contribution in [0, 0.1) is 18.7 Å². The quantitative estimate of drug-likeness (QED) is 0.793. The van der Waals surface area contributed by atoms with Gasteiger partial charge in [0.25, 0.3) is 5.91 Å². The van der Waals surface area contributed by atoms with Crippen LogP contribution in [0.5, 0.6) is 0 Å². The molecule has 7 heteroatoms. The van der Waals surface area contributed by atoms with Crippen LogP contribution in [-0.2, 0) is 22.6 Å². The fourth-order valence-corrected chi connectivity index (χ4v) is 4.12. The number of piperidine rings is 1. The molecule has 0 bridgehead atoms. The zero-order valence-corrected chi connectivity index (χ0v) is 17.5. The highest BCUT2D eigenvalue weighted by Gasteiger charge is 2.28. The van der Waals surface area contributed by atoms with Gasteiger partial charge in [-0.3, -0.25) is 14.4 Å². The summed E-state index contributed by atoms with van der Waals surface area (Å²) in [5.74, 6) is -0.535. The monoisotopic (exact) mass is 423 g/mol. The van der Waals surface area contributed by atoms with Gasteiger partial charge in [-0.15, -0.1) is 0 Å². The maximum absolute atomic E-state index is 13.7. The molecule has 0 aromatic heterocycles. The van der Waals surface area contributed by atoms with Gasteiger partial charge in [-0.1, -0.05) is 12.1 Å². The van der Waals surface area contributed by atoms with Gasteiger partial charge in [0, 0.05) is 43.2 Å². The summed E-state index contributed by atoms with van der Waals surface area (Å²) in [6.45, 7) is 3.03. The SMILES string of the molecule is Cc1ccc(CNC(=O)C2CCN(C(=O)c3ccc4c(c3)CCC(=O)N4)CC2)cc1F. The number of benzene rings is 2. The number of carbonyl (C=O) groups excluding carboxylic acids is 3. The Morgan fingerprint density at radius 3 is 2.65 bits per heavy atom. The summed E-state index contributed by atoms with van der Waals surface area (Å²) in [4.78, 5) is 38.7. The van der Waals surface area contributed by atoms with E-state index < -0.39 is 0 Å². The number of rotatable bonds is 4. The Morgan fingerprint density at radius 2 is 1.90 bits per heavy atom. The van der Waals surface area contributed by atoms with Crippen LogP contribution in [0.15, 0.2) is 36.4 Å². The first kappa shape index (κ1) is 21.0. The molecule has 6 nitrogen and oxygen atoms in total. The van der Waals surface area contributed by atoms with Gasteiger partial charge >= 0.3 is 0 Å². The van der Waals surface area contributed by atoms with Gasteiger partial charge in [-0.25, -0.2) is 4.39 Å². The molecule has 0 aliphatic carbocycles. The van der Waals surface area contributed by atoms with Crippen LogP contribution >= 0.6 is 0 Å². The number of likely N-dealkylation sites (tertiary alicyclic amines) is 1. The lowest BCUT2D eigenvalue weighted by atomic mass is 9.94. The van der Waals surface area contributed by atoms with Crippen LogP contribution in [0.3, 0.4) is 0 Å². The minimum absolute atomic E-state index is 0.000520. The van der Waals surface area contributed by atoms with Gasteiger partial charge in [0.1, 0.15) is 5.82 Å². The van der Waals surface area contributed by atoms with Crippen LogP contribution in [0.25, 0.3) is 0 Å². The van der Waals surface area contributed by atoms with Gasteiger partial charge in [-0.2, -0.15) is 0 Å². The lowest BCUT2D eigenvalue weighted by molar-refractivity contribution is -0.126. The Balaban J connectivity index is 1.30. The van der Waals surface area contributed by atoms with E-state index in [4.69, 9.17) is 0 Å². The second-order valence-corrected chi connectivity index (χ2v) is 8.29. The molecule has 0 unspecified atom stereocenters. The van der Waals surface area contributed by atoms with Crippen molar-refractivity contribution in [1.82, 2.24) is 10.2 Å². The average Bonchev–Trinajstić information content (AvgIpc) is 2.79. The Kier molecular flexibility index (Phi) is 6.02. The predicted octanol–water partition coefficient (Wildman–Crippen LogP) is 3.19. The molecule has 31 heavy (non-hydrogen) atoms. The smallest absolute Gasteiger partial charge is 0.253 e. The van der Waals surface area contributed by atoms with Crippen molar-refractivity contribution in [2.75, 3.05) is 18.4 Å². The predicted molar refractivity (Wildman–Crippen MR) is 115 cm³/mol. The van der Waals surface area contributed by atoms with Crippen molar-refractivity contribution in [1.29, 1.82) is 0 Å². The van der Waals surface area contributed by atoms with E-state index in [0.29, 0.717) is 56.4 Å². The van der Waals surface area contributed by atoms with E-state index in [0.717, 1.165) is 16.8 Å². The molecule has 2 aliphatic rings. The van der Waals surface area contributed by atoms with Crippen LogP contribution in [0.1, 0.15) is 46.3 Å². The fraction of sp³-hybridized carbons (Fsp3) is 0.375. The van der Waals surface area contributed by atoms with E-state index in [1.165, 1.54) is 6.07 Å². The number of hydrogen-bond donors (Lipinski definition) is 2. The molecule has 0 spiro atoms. The highest BCUT2D eigenvalue weighted by atomic mass is 19.1. The summed E-state index contributed by atoms with van der Waals surface area (Å²) in [6, 6.07) is 10.3. The fourth-order valence-electron chi connectivity index (χ4n) is 4.12. The number of amides is 3. The summed E-state index contributed by atoms with van der Waals surface area (Å²) in [6.07, 6.45) is 2.26. The zero-order valence-electron chi connectivity index (χ0n) is 17.5. The number of aryl methyl sites for hydroxylation is 2. The molecular weight excluding hydrogens is 397 g/mol. The van der Waals surface area contributed by atoms with Gasteiger partial charge in [0.2, 0.25) is 11.8 Å². The van der Waals surface area contributed by atoms with Crippen LogP contribution in [0.2, 0.25) is 0 Å². The van der Waals surface area contributed by atoms with E-state index in [9.17, 15) is 18.8 Å². The topological polar surface area (TPSA) is 78.5 Å². The molecule has 2 N–H and O–H groups in total. The van der Waals surface area contributed by atoms with Crippen LogP contribution < -0.4 is 10.6 Å². The van der Waals surface area contributed by atoms with E-state index in [2.05, 4.69) is 10.6 Å². The Morgan fingerprint density at radius 1 is 1.13 bits per heavy atom. The van der Waals surface area contributed by atoms with Gasteiger partial charge in [-0.05, 0) is 67.1 Å². The highest BCUT2D eigenvalue weighted by molar-refractivity contribution is 5.98. The number of halogens is 1. The molecule has 2 heterocycles. The number of nitrogens with zero attached hydrogens (tertiary/aromatic N) is 1. The lowest BCUT2D eigenvalue weighted by Crippen LogP contribution is -2.43.